The maximum atomic E-state index is 12.9. The lowest BCUT2D eigenvalue weighted by molar-refractivity contribution is -0.146. The summed E-state index contributed by atoms with van der Waals surface area (Å²) < 4.78 is 0. The van der Waals surface area contributed by atoms with Crippen molar-refractivity contribution in [1.82, 2.24) is 5.32 Å². The molecule has 33 heavy (non-hydrogen) atoms. The van der Waals surface area contributed by atoms with Crippen molar-refractivity contribution in [1.29, 1.82) is 0 Å². The molecule has 0 aliphatic carbocycles. The molecule has 1 atom stereocenters. The standard InChI is InChI=1S/C28H25NO4/c30-25(29-26(20-9-3-1-4-10-20)21-11-5-2-6-12-21)18-17-19-13-7-15-23-22(19)14-8-16-24(23)27(31)28(32)33/h1-16,26-27,31H,17-18H2,(H,29,30)(H,32,33). The number of carboxylic acids is 1. The lowest BCUT2D eigenvalue weighted by atomic mass is 9.95. The zero-order valence-corrected chi connectivity index (χ0v) is 18.0. The number of carbonyl (C=O) groups is 2. The Kier molecular flexibility index (Phi) is 6.81. The minimum atomic E-state index is -1.59. The van der Waals surface area contributed by atoms with Crippen LogP contribution in [0, 0.1) is 0 Å². The fourth-order valence-electron chi connectivity index (χ4n) is 4.12. The van der Waals surface area contributed by atoms with Crippen LogP contribution in [-0.4, -0.2) is 22.1 Å². The number of aliphatic hydroxyl groups excluding tert-OH is 1. The number of hydrogen-bond donors (Lipinski definition) is 3. The second kappa shape index (κ2) is 10.1. The lowest BCUT2D eigenvalue weighted by Crippen LogP contribution is -2.29. The molecule has 1 unspecified atom stereocenters. The van der Waals surface area contributed by atoms with Crippen LogP contribution in [0.25, 0.3) is 10.8 Å². The van der Waals surface area contributed by atoms with Crippen molar-refractivity contribution in [3.8, 4) is 0 Å². The molecule has 0 bridgehead atoms. The van der Waals surface area contributed by atoms with Crippen LogP contribution in [-0.2, 0) is 16.0 Å². The van der Waals surface area contributed by atoms with Gasteiger partial charge in [0.1, 0.15) is 0 Å². The molecule has 1 amide bonds. The van der Waals surface area contributed by atoms with Crippen LogP contribution in [0.2, 0.25) is 0 Å². The van der Waals surface area contributed by atoms with Crippen LogP contribution in [0.3, 0.4) is 0 Å². The van der Waals surface area contributed by atoms with Gasteiger partial charge in [0.05, 0.1) is 6.04 Å². The Bertz CT molecular complexity index is 1220. The van der Waals surface area contributed by atoms with Crippen LogP contribution in [0.4, 0.5) is 0 Å². The largest absolute Gasteiger partial charge is 0.479 e. The molecule has 4 rings (SSSR count). The van der Waals surface area contributed by atoms with Gasteiger partial charge in [0, 0.05) is 6.42 Å². The van der Waals surface area contributed by atoms with Crippen LogP contribution in [0.15, 0.2) is 97.1 Å². The molecular weight excluding hydrogens is 414 g/mol. The summed E-state index contributed by atoms with van der Waals surface area (Å²) in [5.74, 6) is -1.37. The summed E-state index contributed by atoms with van der Waals surface area (Å²) >= 11 is 0. The van der Waals surface area contributed by atoms with Crippen LogP contribution >= 0.6 is 0 Å². The first-order valence-corrected chi connectivity index (χ1v) is 10.8. The Labute approximate surface area is 192 Å². The van der Waals surface area contributed by atoms with E-state index in [2.05, 4.69) is 5.32 Å². The van der Waals surface area contributed by atoms with Gasteiger partial charge in [-0.3, -0.25) is 4.79 Å². The van der Waals surface area contributed by atoms with Gasteiger partial charge in [0.15, 0.2) is 6.10 Å². The Morgan fingerprint density at radius 1 is 0.727 bits per heavy atom. The minimum absolute atomic E-state index is 0.0774. The molecule has 0 saturated carbocycles. The number of nitrogens with one attached hydrogen (secondary N) is 1. The molecular formula is C28H25NO4. The zero-order chi connectivity index (χ0) is 23.2. The summed E-state index contributed by atoms with van der Waals surface area (Å²) in [4.78, 5) is 24.2. The maximum Gasteiger partial charge on any atom is 0.337 e. The topological polar surface area (TPSA) is 86.6 Å². The van der Waals surface area contributed by atoms with Gasteiger partial charge in [-0.05, 0) is 39.4 Å². The summed E-state index contributed by atoms with van der Waals surface area (Å²) in [5.41, 5.74) is 3.29. The van der Waals surface area contributed by atoms with E-state index in [1.54, 1.807) is 18.2 Å². The predicted molar refractivity (Wildman–Crippen MR) is 128 cm³/mol. The van der Waals surface area contributed by atoms with Gasteiger partial charge in [0.25, 0.3) is 0 Å². The number of hydrogen-bond acceptors (Lipinski definition) is 3. The van der Waals surface area contributed by atoms with Crippen molar-refractivity contribution in [3.63, 3.8) is 0 Å². The first-order valence-electron chi connectivity index (χ1n) is 10.8. The molecule has 0 aliphatic rings. The highest BCUT2D eigenvalue weighted by Crippen LogP contribution is 2.28. The van der Waals surface area contributed by atoms with Crippen LogP contribution in [0.1, 0.15) is 40.8 Å². The molecule has 4 aromatic rings. The third-order valence-corrected chi connectivity index (χ3v) is 5.77. The van der Waals surface area contributed by atoms with E-state index in [-0.39, 0.29) is 18.4 Å². The van der Waals surface area contributed by atoms with Gasteiger partial charge in [0.2, 0.25) is 5.91 Å². The number of benzene rings is 4. The molecule has 0 fully saturated rings. The number of amides is 1. The van der Waals surface area contributed by atoms with Gasteiger partial charge in [-0.15, -0.1) is 0 Å². The van der Waals surface area contributed by atoms with E-state index in [1.165, 1.54) is 0 Å². The van der Waals surface area contributed by atoms with Crippen molar-refractivity contribution in [2.24, 2.45) is 0 Å². The van der Waals surface area contributed by atoms with Crippen molar-refractivity contribution in [3.05, 3.63) is 119 Å². The molecule has 0 spiro atoms. The highest BCUT2D eigenvalue weighted by atomic mass is 16.4. The Balaban J connectivity index is 1.54. The van der Waals surface area contributed by atoms with E-state index in [4.69, 9.17) is 0 Å². The van der Waals surface area contributed by atoms with E-state index >= 15 is 0 Å². The molecule has 5 heteroatoms. The number of aliphatic hydroxyl groups is 1. The predicted octanol–water partition coefficient (Wildman–Crippen LogP) is 4.80. The Hall–Kier alpha value is -3.96. The van der Waals surface area contributed by atoms with Crippen molar-refractivity contribution in [2.75, 3.05) is 0 Å². The van der Waals surface area contributed by atoms with Crippen LogP contribution in [0.5, 0.6) is 0 Å². The zero-order valence-electron chi connectivity index (χ0n) is 18.0. The molecule has 166 valence electrons. The van der Waals surface area contributed by atoms with Crippen molar-refractivity contribution in [2.45, 2.75) is 25.0 Å². The highest BCUT2D eigenvalue weighted by Gasteiger charge is 2.20. The first-order chi connectivity index (χ1) is 16.0. The second-order valence-corrected chi connectivity index (χ2v) is 7.92. The number of aryl methyl sites for hydroxylation is 1. The number of fused-ring (bicyclic) bond motifs is 1. The van der Waals surface area contributed by atoms with Crippen molar-refractivity contribution >= 4 is 22.6 Å². The third-order valence-electron chi connectivity index (χ3n) is 5.77. The number of aliphatic carboxylic acids is 1. The van der Waals surface area contributed by atoms with Crippen LogP contribution < -0.4 is 5.32 Å². The van der Waals surface area contributed by atoms with E-state index in [0.717, 1.165) is 22.1 Å². The Morgan fingerprint density at radius 3 is 1.91 bits per heavy atom. The van der Waals surface area contributed by atoms with Gasteiger partial charge in [-0.25, -0.2) is 4.79 Å². The monoisotopic (exact) mass is 439 g/mol. The number of carboxylic acid groups (broad SMARTS) is 1. The molecule has 0 saturated heterocycles. The van der Waals surface area contributed by atoms with E-state index in [1.807, 2.05) is 78.9 Å². The van der Waals surface area contributed by atoms with Crippen molar-refractivity contribution < 1.29 is 19.8 Å². The molecule has 0 aromatic heterocycles. The van der Waals surface area contributed by atoms with E-state index in [0.29, 0.717) is 17.4 Å². The van der Waals surface area contributed by atoms with Gasteiger partial charge < -0.3 is 15.5 Å². The minimum Gasteiger partial charge on any atom is -0.479 e. The average Bonchev–Trinajstić information content (AvgIpc) is 2.86. The molecule has 5 nitrogen and oxygen atoms in total. The maximum absolute atomic E-state index is 12.9. The molecule has 0 aliphatic heterocycles. The number of rotatable bonds is 8. The van der Waals surface area contributed by atoms with E-state index in [9.17, 15) is 19.8 Å². The summed E-state index contributed by atoms with van der Waals surface area (Å²) in [7, 11) is 0. The summed E-state index contributed by atoms with van der Waals surface area (Å²) in [6.45, 7) is 0. The second-order valence-electron chi connectivity index (χ2n) is 7.92. The lowest BCUT2D eigenvalue weighted by Gasteiger charge is -2.20. The molecule has 0 radical (unpaired) electrons. The Morgan fingerprint density at radius 2 is 1.30 bits per heavy atom. The molecule has 3 N–H and O–H groups in total. The smallest absolute Gasteiger partial charge is 0.337 e. The molecule has 4 aromatic carbocycles. The fraction of sp³-hybridized carbons (Fsp3) is 0.143. The van der Waals surface area contributed by atoms with Gasteiger partial charge >= 0.3 is 5.97 Å². The summed E-state index contributed by atoms with van der Waals surface area (Å²) in [5, 5.41) is 23.9. The normalized spacial score (nSPS) is 11.9. The fourth-order valence-corrected chi connectivity index (χ4v) is 4.12. The quantitative estimate of drug-likeness (QED) is 0.368. The highest BCUT2D eigenvalue weighted by molar-refractivity contribution is 5.92. The first kappa shape index (κ1) is 22.2. The molecule has 0 heterocycles. The van der Waals surface area contributed by atoms with Gasteiger partial charge in [-0.2, -0.15) is 0 Å². The summed E-state index contributed by atoms with van der Waals surface area (Å²) in [6.07, 6.45) is -0.822. The average molecular weight is 440 g/mol. The van der Waals surface area contributed by atoms with E-state index < -0.39 is 12.1 Å². The SMILES string of the molecule is O=C(CCc1cccc2c(C(O)C(=O)O)cccc12)NC(c1ccccc1)c1ccccc1. The van der Waals surface area contributed by atoms with Gasteiger partial charge in [-0.1, -0.05) is 97.1 Å². The summed E-state index contributed by atoms with van der Waals surface area (Å²) in [6, 6.07) is 30.2. The third kappa shape index (κ3) is 5.10. The number of carbonyl (C=O) groups excluding carboxylic acids is 1.